The van der Waals surface area contributed by atoms with Crippen LogP contribution in [0.5, 0.6) is 0 Å². The van der Waals surface area contributed by atoms with Gasteiger partial charge in [-0.2, -0.15) is 5.10 Å². The van der Waals surface area contributed by atoms with Crippen molar-refractivity contribution < 1.29 is 0 Å². The molecule has 0 bridgehead atoms. The van der Waals surface area contributed by atoms with Gasteiger partial charge in [0.15, 0.2) is 0 Å². The highest BCUT2D eigenvalue weighted by Gasteiger charge is 1.97. The molecule has 6 nitrogen and oxygen atoms in total. The van der Waals surface area contributed by atoms with Gasteiger partial charge in [-0.05, 0) is 6.92 Å². The molecule has 0 aliphatic rings. The molecular formula is C6H12N6. The Morgan fingerprint density at radius 2 is 2.58 bits per heavy atom. The lowest BCUT2D eigenvalue weighted by atomic mass is 10.3. The van der Waals surface area contributed by atoms with Crippen molar-refractivity contribution >= 4 is 5.96 Å². The SMILES string of the molecule is Cc1[nH]ncc1CN=C(N)NN. The molecule has 1 heterocycles. The van der Waals surface area contributed by atoms with E-state index in [0.29, 0.717) is 6.54 Å². The summed E-state index contributed by atoms with van der Waals surface area (Å²) in [4.78, 5) is 3.94. The molecule has 0 radical (unpaired) electrons. The average molecular weight is 168 g/mol. The topological polar surface area (TPSA) is 105 Å². The molecule has 66 valence electrons. The molecule has 0 saturated heterocycles. The van der Waals surface area contributed by atoms with E-state index < -0.39 is 0 Å². The normalized spacial score (nSPS) is 11.7. The van der Waals surface area contributed by atoms with Gasteiger partial charge in [0.2, 0.25) is 5.96 Å². The summed E-state index contributed by atoms with van der Waals surface area (Å²) in [5, 5.41) is 6.64. The van der Waals surface area contributed by atoms with Gasteiger partial charge in [-0.1, -0.05) is 0 Å². The number of aliphatic imine (C=N–C) groups is 1. The molecule has 0 amide bonds. The fraction of sp³-hybridized carbons (Fsp3) is 0.333. The first-order valence-corrected chi connectivity index (χ1v) is 3.49. The zero-order valence-electron chi connectivity index (χ0n) is 6.83. The van der Waals surface area contributed by atoms with Gasteiger partial charge < -0.3 is 5.73 Å². The van der Waals surface area contributed by atoms with Crippen LogP contribution in [-0.2, 0) is 6.54 Å². The molecule has 1 aromatic rings. The second-order valence-electron chi connectivity index (χ2n) is 2.37. The van der Waals surface area contributed by atoms with Crippen molar-refractivity contribution in [3.05, 3.63) is 17.5 Å². The maximum absolute atomic E-state index is 5.32. The summed E-state index contributed by atoms with van der Waals surface area (Å²) in [5.74, 6) is 5.24. The molecule has 0 aromatic carbocycles. The zero-order valence-corrected chi connectivity index (χ0v) is 6.83. The lowest BCUT2D eigenvalue weighted by Gasteiger charge is -1.97. The quantitative estimate of drug-likeness (QED) is 0.197. The van der Waals surface area contributed by atoms with Crippen LogP contribution in [0.1, 0.15) is 11.3 Å². The summed E-state index contributed by atoms with van der Waals surface area (Å²) in [6.45, 7) is 2.41. The third-order valence-corrected chi connectivity index (χ3v) is 1.50. The number of rotatable bonds is 2. The molecule has 0 saturated carbocycles. The van der Waals surface area contributed by atoms with Gasteiger partial charge in [0.25, 0.3) is 0 Å². The van der Waals surface area contributed by atoms with Crippen LogP contribution in [0.25, 0.3) is 0 Å². The van der Waals surface area contributed by atoms with Gasteiger partial charge in [0.1, 0.15) is 0 Å². The predicted octanol–water partition coefficient (Wildman–Crippen LogP) is -1.00. The number of nitrogens with two attached hydrogens (primary N) is 2. The Balaban J connectivity index is 2.59. The Hall–Kier alpha value is -1.56. The van der Waals surface area contributed by atoms with E-state index in [1.165, 1.54) is 0 Å². The molecule has 0 spiro atoms. The van der Waals surface area contributed by atoms with Crippen LogP contribution >= 0.6 is 0 Å². The summed E-state index contributed by atoms with van der Waals surface area (Å²) in [5.41, 5.74) is 9.56. The fourth-order valence-corrected chi connectivity index (χ4v) is 0.751. The van der Waals surface area contributed by atoms with Crippen molar-refractivity contribution in [1.82, 2.24) is 15.6 Å². The first kappa shape index (κ1) is 8.54. The van der Waals surface area contributed by atoms with Crippen LogP contribution in [0.4, 0.5) is 0 Å². The lowest BCUT2D eigenvalue weighted by Crippen LogP contribution is -2.37. The number of aromatic nitrogens is 2. The molecule has 6 heteroatoms. The Labute approximate surface area is 70.0 Å². The van der Waals surface area contributed by atoms with Crippen LogP contribution in [-0.4, -0.2) is 16.2 Å². The summed E-state index contributed by atoms with van der Waals surface area (Å²) in [7, 11) is 0. The first-order valence-electron chi connectivity index (χ1n) is 3.49. The standard InChI is InChI=1S/C6H12N6/c1-4-5(3-10-12-4)2-9-6(7)11-8/h3H,2,8H2,1H3,(H,10,12)(H3,7,9,11). The van der Waals surface area contributed by atoms with E-state index in [1.54, 1.807) is 6.20 Å². The van der Waals surface area contributed by atoms with Crippen molar-refractivity contribution in [2.24, 2.45) is 16.6 Å². The van der Waals surface area contributed by atoms with Crippen molar-refractivity contribution in [3.8, 4) is 0 Å². The molecule has 0 aliphatic heterocycles. The molecule has 0 unspecified atom stereocenters. The molecule has 12 heavy (non-hydrogen) atoms. The van der Waals surface area contributed by atoms with E-state index in [4.69, 9.17) is 11.6 Å². The summed E-state index contributed by atoms with van der Waals surface area (Å²) in [6.07, 6.45) is 1.71. The van der Waals surface area contributed by atoms with Crippen molar-refractivity contribution in [2.45, 2.75) is 13.5 Å². The number of aromatic amines is 1. The van der Waals surface area contributed by atoms with Crippen LogP contribution in [0.3, 0.4) is 0 Å². The van der Waals surface area contributed by atoms with Gasteiger partial charge in [0, 0.05) is 11.3 Å². The minimum Gasteiger partial charge on any atom is -0.369 e. The zero-order chi connectivity index (χ0) is 8.97. The third kappa shape index (κ3) is 1.96. The Morgan fingerprint density at radius 3 is 3.08 bits per heavy atom. The summed E-state index contributed by atoms with van der Waals surface area (Å²) >= 11 is 0. The highest BCUT2D eigenvalue weighted by molar-refractivity contribution is 5.77. The van der Waals surface area contributed by atoms with Gasteiger partial charge in [-0.25, -0.2) is 10.8 Å². The number of guanidine groups is 1. The monoisotopic (exact) mass is 168 g/mol. The Kier molecular flexibility index (Phi) is 2.65. The van der Waals surface area contributed by atoms with Gasteiger partial charge in [0.05, 0.1) is 12.7 Å². The largest absolute Gasteiger partial charge is 0.369 e. The first-order chi connectivity index (χ1) is 5.74. The number of nitrogens with zero attached hydrogens (tertiary/aromatic N) is 2. The molecule has 1 aromatic heterocycles. The second kappa shape index (κ2) is 3.72. The minimum absolute atomic E-state index is 0.218. The van der Waals surface area contributed by atoms with Gasteiger partial charge in [-0.3, -0.25) is 10.5 Å². The van der Waals surface area contributed by atoms with Crippen molar-refractivity contribution in [1.29, 1.82) is 0 Å². The maximum atomic E-state index is 5.32. The number of hydrogen-bond donors (Lipinski definition) is 4. The van der Waals surface area contributed by atoms with Gasteiger partial charge in [-0.15, -0.1) is 0 Å². The molecule has 0 fully saturated rings. The molecule has 0 aliphatic carbocycles. The van der Waals surface area contributed by atoms with Crippen molar-refractivity contribution in [3.63, 3.8) is 0 Å². The Bertz CT molecular complexity index is 275. The lowest BCUT2D eigenvalue weighted by molar-refractivity contribution is 0.953. The molecule has 1 rings (SSSR count). The predicted molar refractivity (Wildman–Crippen MR) is 46.0 cm³/mol. The molecular weight excluding hydrogens is 156 g/mol. The number of nitrogens with one attached hydrogen (secondary N) is 2. The van der Waals surface area contributed by atoms with E-state index in [-0.39, 0.29) is 5.96 Å². The maximum Gasteiger partial charge on any atom is 0.203 e. The smallest absolute Gasteiger partial charge is 0.203 e. The van der Waals surface area contributed by atoms with E-state index >= 15 is 0 Å². The van der Waals surface area contributed by atoms with E-state index in [1.807, 2.05) is 6.92 Å². The number of hydrazine groups is 1. The number of aryl methyl sites for hydroxylation is 1. The van der Waals surface area contributed by atoms with Gasteiger partial charge >= 0.3 is 0 Å². The van der Waals surface area contributed by atoms with E-state index in [0.717, 1.165) is 11.3 Å². The van der Waals surface area contributed by atoms with Crippen LogP contribution < -0.4 is 17.0 Å². The van der Waals surface area contributed by atoms with E-state index in [2.05, 4.69) is 20.6 Å². The molecule has 0 atom stereocenters. The van der Waals surface area contributed by atoms with Crippen LogP contribution in [0.2, 0.25) is 0 Å². The summed E-state index contributed by atoms with van der Waals surface area (Å²) in [6, 6.07) is 0. The summed E-state index contributed by atoms with van der Waals surface area (Å²) < 4.78 is 0. The van der Waals surface area contributed by atoms with E-state index in [9.17, 15) is 0 Å². The van der Waals surface area contributed by atoms with Crippen LogP contribution in [0, 0.1) is 6.92 Å². The minimum atomic E-state index is 0.218. The number of H-pyrrole nitrogens is 1. The van der Waals surface area contributed by atoms with Crippen LogP contribution in [0.15, 0.2) is 11.2 Å². The Morgan fingerprint density at radius 1 is 1.83 bits per heavy atom. The third-order valence-electron chi connectivity index (χ3n) is 1.50. The van der Waals surface area contributed by atoms with Crippen molar-refractivity contribution in [2.75, 3.05) is 0 Å². The molecule has 6 N–H and O–H groups in total. The highest BCUT2D eigenvalue weighted by Crippen LogP contribution is 2.02. The second-order valence-corrected chi connectivity index (χ2v) is 2.37. The fourth-order valence-electron chi connectivity index (χ4n) is 0.751. The number of hydrogen-bond acceptors (Lipinski definition) is 3. The average Bonchev–Trinajstić information content (AvgIpc) is 2.47. The highest BCUT2D eigenvalue weighted by atomic mass is 15.3.